The van der Waals surface area contributed by atoms with Crippen LogP contribution in [-0.4, -0.2) is 5.78 Å². The van der Waals surface area contributed by atoms with Gasteiger partial charge in [-0.2, -0.15) is 0 Å². The standard InChI is InChI=1S/C9H12N2O/c1-6(12)2-7-3-8(10)5-9(11)4-7/h3-5H,2,10-11H2,1H3. The maximum atomic E-state index is 10.8. The molecule has 0 aliphatic rings. The van der Waals surface area contributed by atoms with E-state index in [1.54, 1.807) is 25.1 Å². The summed E-state index contributed by atoms with van der Waals surface area (Å²) in [6, 6.07) is 5.19. The highest BCUT2D eigenvalue weighted by Gasteiger charge is 1.99. The van der Waals surface area contributed by atoms with E-state index in [1.165, 1.54) is 0 Å². The molecule has 1 aromatic carbocycles. The summed E-state index contributed by atoms with van der Waals surface area (Å²) < 4.78 is 0. The van der Waals surface area contributed by atoms with Gasteiger partial charge in [-0.3, -0.25) is 4.79 Å². The van der Waals surface area contributed by atoms with Crippen LogP contribution in [0.3, 0.4) is 0 Å². The molecule has 0 aliphatic heterocycles. The number of benzene rings is 1. The highest BCUT2D eigenvalue weighted by molar-refractivity contribution is 5.79. The molecule has 64 valence electrons. The lowest BCUT2D eigenvalue weighted by Gasteiger charge is -2.01. The number of carbonyl (C=O) groups excluding carboxylic acids is 1. The fourth-order valence-electron chi connectivity index (χ4n) is 1.14. The van der Waals surface area contributed by atoms with Crippen LogP contribution in [0.15, 0.2) is 18.2 Å². The Bertz CT molecular complexity index is 287. The molecule has 0 radical (unpaired) electrons. The van der Waals surface area contributed by atoms with Gasteiger partial charge in [-0.15, -0.1) is 0 Å². The molecule has 12 heavy (non-hydrogen) atoms. The molecule has 0 aliphatic carbocycles. The molecule has 4 N–H and O–H groups in total. The van der Waals surface area contributed by atoms with Crippen molar-refractivity contribution in [1.29, 1.82) is 0 Å². The monoisotopic (exact) mass is 164 g/mol. The van der Waals surface area contributed by atoms with E-state index in [0.717, 1.165) is 5.56 Å². The lowest BCUT2D eigenvalue weighted by Crippen LogP contribution is -1.99. The van der Waals surface area contributed by atoms with Crippen molar-refractivity contribution in [3.8, 4) is 0 Å². The topological polar surface area (TPSA) is 69.1 Å². The average molecular weight is 164 g/mol. The Kier molecular flexibility index (Phi) is 2.33. The number of nitrogens with two attached hydrogens (primary N) is 2. The fraction of sp³-hybridized carbons (Fsp3) is 0.222. The largest absolute Gasteiger partial charge is 0.399 e. The number of hydrogen-bond acceptors (Lipinski definition) is 3. The molecule has 0 spiro atoms. The third-order valence-electron chi connectivity index (χ3n) is 1.49. The van der Waals surface area contributed by atoms with Gasteiger partial charge in [0.25, 0.3) is 0 Å². The van der Waals surface area contributed by atoms with E-state index in [1.807, 2.05) is 0 Å². The molecule has 0 heterocycles. The van der Waals surface area contributed by atoms with Gasteiger partial charge in [0.2, 0.25) is 0 Å². The molecule has 0 bridgehead atoms. The van der Waals surface area contributed by atoms with Crippen molar-refractivity contribution >= 4 is 17.2 Å². The maximum absolute atomic E-state index is 10.8. The summed E-state index contributed by atoms with van der Waals surface area (Å²) in [5.74, 6) is 0.111. The van der Waals surface area contributed by atoms with Gasteiger partial charge in [0.05, 0.1) is 0 Å². The molecule has 0 unspecified atom stereocenters. The average Bonchev–Trinajstić information content (AvgIpc) is 1.81. The minimum Gasteiger partial charge on any atom is -0.399 e. The SMILES string of the molecule is CC(=O)Cc1cc(N)cc(N)c1. The molecule has 3 nitrogen and oxygen atoms in total. The van der Waals surface area contributed by atoms with E-state index >= 15 is 0 Å². The molecular weight excluding hydrogens is 152 g/mol. The normalized spacial score (nSPS) is 9.75. The van der Waals surface area contributed by atoms with E-state index in [2.05, 4.69) is 0 Å². The molecule has 0 saturated heterocycles. The molecule has 3 heteroatoms. The Hall–Kier alpha value is -1.51. The van der Waals surface area contributed by atoms with Gasteiger partial charge in [-0.25, -0.2) is 0 Å². The first-order valence-corrected chi connectivity index (χ1v) is 3.72. The van der Waals surface area contributed by atoms with Crippen LogP contribution in [0.2, 0.25) is 0 Å². The zero-order valence-electron chi connectivity index (χ0n) is 7.00. The number of Topliss-reactive ketones (excluding diaryl/α,β-unsaturated/α-hetero) is 1. The molecule has 0 amide bonds. The molecule has 0 atom stereocenters. The van der Waals surface area contributed by atoms with Crippen LogP contribution in [0, 0.1) is 0 Å². The second-order valence-electron chi connectivity index (χ2n) is 2.89. The van der Waals surface area contributed by atoms with E-state index in [9.17, 15) is 4.79 Å². The van der Waals surface area contributed by atoms with Crippen molar-refractivity contribution in [1.82, 2.24) is 0 Å². The Morgan fingerprint density at radius 3 is 2.17 bits per heavy atom. The zero-order chi connectivity index (χ0) is 9.14. The zero-order valence-corrected chi connectivity index (χ0v) is 7.00. The van der Waals surface area contributed by atoms with Crippen molar-refractivity contribution in [2.75, 3.05) is 11.5 Å². The van der Waals surface area contributed by atoms with Crippen molar-refractivity contribution in [2.45, 2.75) is 13.3 Å². The fourth-order valence-corrected chi connectivity index (χ4v) is 1.14. The number of anilines is 2. The summed E-state index contributed by atoms with van der Waals surface area (Å²) in [6.45, 7) is 1.54. The minimum atomic E-state index is 0.111. The molecule has 0 fully saturated rings. The number of hydrogen-bond donors (Lipinski definition) is 2. The highest BCUT2D eigenvalue weighted by Crippen LogP contribution is 2.13. The highest BCUT2D eigenvalue weighted by atomic mass is 16.1. The van der Waals surface area contributed by atoms with Crippen molar-refractivity contribution in [3.63, 3.8) is 0 Å². The summed E-state index contributed by atoms with van der Waals surface area (Å²) in [6.07, 6.45) is 0.398. The first kappa shape index (κ1) is 8.59. The Morgan fingerprint density at radius 1 is 1.25 bits per heavy atom. The van der Waals surface area contributed by atoms with Gasteiger partial charge in [-0.1, -0.05) is 0 Å². The maximum Gasteiger partial charge on any atom is 0.134 e. The third-order valence-corrected chi connectivity index (χ3v) is 1.49. The van der Waals surface area contributed by atoms with Gasteiger partial charge in [0.15, 0.2) is 0 Å². The van der Waals surface area contributed by atoms with Crippen molar-refractivity contribution < 1.29 is 4.79 Å². The first-order valence-electron chi connectivity index (χ1n) is 3.72. The van der Waals surface area contributed by atoms with Crippen LogP contribution in [0.5, 0.6) is 0 Å². The van der Waals surface area contributed by atoms with Gasteiger partial charge in [0, 0.05) is 17.8 Å². The summed E-state index contributed by atoms with van der Waals surface area (Å²) >= 11 is 0. The van der Waals surface area contributed by atoms with Crippen LogP contribution < -0.4 is 11.5 Å². The van der Waals surface area contributed by atoms with Crippen molar-refractivity contribution in [3.05, 3.63) is 23.8 Å². The van der Waals surface area contributed by atoms with Crippen LogP contribution in [-0.2, 0) is 11.2 Å². The van der Waals surface area contributed by atoms with Gasteiger partial charge in [0.1, 0.15) is 5.78 Å². The summed E-state index contributed by atoms with van der Waals surface area (Å²) in [5.41, 5.74) is 13.2. The minimum absolute atomic E-state index is 0.111. The number of nitrogen functional groups attached to an aromatic ring is 2. The molecular formula is C9H12N2O. The Balaban J connectivity index is 2.93. The predicted molar refractivity (Wildman–Crippen MR) is 49.7 cm³/mol. The lowest BCUT2D eigenvalue weighted by atomic mass is 10.1. The molecule has 1 aromatic rings. The molecule has 1 rings (SSSR count). The number of carbonyl (C=O) groups is 1. The van der Waals surface area contributed by atoms with Crippen LogP contribution in [0.4, 0.5) is 11.4 Å². The Labute approximate surface area is 71.4 Å². The molecule has 0 saturated carbocycles. The van der Waals surface area contributed by atoms with E-state index in [4.69, 9.17) is 11.5 Å². The lowest BCUT2D eigenvalue weighted by molar-refractivity contribution is -0.116. The van der Waals surface area contributed by atoms with Crippen LogP contribution >= 0.6 is 0 Å². The quantitative estimate of drug-likeness (QED) is 0.640. The van der Waals surface area contributed by atoms with Gasteiger partial charge < -0.3 is 11.5 Å². The summed E-state index contributed by atoms with van der Waals surface area (Å²) in [7, 11) is 0. The molecule has 0 aromatic heterocycles. The van der Waals surface area contributed by atoms with E-state index in [0.29, 0.717) is 17.8 Å². The predicted octanol–water partition coefficient (Wildman–Crippen LogP) is 0.982. The third kappa shape index (κ3) is 2.27. The first-order chi connectivity index (χ1) is 5.58. The van der Waals surface area contributed by atoms with E-state index in [-0.39, 0.29) is 5.78 Å². The van der Waals surface area contributed by atoms with Crippen LogP contribution in [0.1, 0.15) is 12.5 Å². The second-order valence-corrected chi connectivity index (χ2v) is 2.89. The van der Waals surface area contributed by atoms with Gasteiger partial charge >= 0.3 is 0 Å². The summed E-state index contributed by atoms with van der Waals surface area (Å²) in [5, 5.41) is 0. The van der Waals surface area contributed by atoms with Crippen molar-refractivity contribution in [2.24, 2.45) is 0 Å². The van der Waals surface area contributed by atoms with E-state index < -0.39 is 0 Å². The number of rotatable bonds is 2. The second kappa shape index (κ2) is 3.26. The smallest absolute Gasteiger partial charge is 0.134 e. The van der Waals surface area contributed by atoms with Crippen LogP contribution in [0.25, 0.3) is 0 Å². The number of ketones is 1. The Morgan fingerprint density at radius 2 is 1.75 bits per heavy atom. The summed E-state index contributed by atoms with van der Waals surface area (Å²) in [4.78, 5) is 10.8. The van der Waals surface area contributed by atoms with Gasteiger partial charge in [-0.05, 0) is 30.7 Å².